The molecule has 0 bridgehead atoms. The van der Waals surface area contributed by atoms with Gasteiger partial charge in [0.2, 0.25) is 0 Å². The lowest BCUT2D eigenvalue weighted by atomic mass is 10.1. The average molecular weight is 247 g/mol. The molecule has 0 heterocycles. The van der Waals surface area contributed by atoms with E-state index in [1.54, 1.807) is 0 Å². The minimum atomic E-state index is 0.262. The molecule has 0 saturated heterocycles. The van der Waals surface area contributed by atoms with Crippen LogP contribution in [0.5, 0.6) is 0 Å². The van der Waals surface area contributed by atoms with E-state index in [1.165, 1.54) is 36.0 Å². The van der Waals surface area contributed by atoms with Crippen LogP contribution in [0.4, 0.5) is 0 Å². The van der Waals surface area contributed by atoms with E-state index in [0.717, 1.165) is 13.1 Å². The number of aryl methyl sites for hydroxylation is 2. The van der Waals surface area contributed by atoms with Crippen molar-refractivity contribution in [2.24, 2.45) is 10.9 Å². The first-order chi connectivity index (χ1) is 8.72. The SMILES string of the molecule is CCN(CC(N)=NO)Cc1ccc2c(c1)CCC2. The molecule has 2 rings (SSSR count). The molecular formula is C14H21N3O. The van der Waals surface area contributed by atoms with E-state index in [9.17, 15) is 0 Å². The predicted molar refractivity (Wildman–Crippen MR) is 72.8 cm³/mol. The van der Waals surface area contributed by atoms with Gasteiger partial charge < -0.3 is 10.9 Å². The standard InChI is InChI=1S/C14H21N3O/c1-2-17(10-14(15)16-18)9-11-6-7-12-4-3-5-13(12)8-11/h6-8,18H,2-5,9-10H2,1H3,(H2,15,16). The third kappa shape index (κ3) is 3.01. The Hall–Kier alpha value is -1.55. The van der Waals surface area contributed by atoms with Gasteiger partial charge in [-0.25, -0.2) is 0 Å². The van der Waals surface area contributed by atoms with Crippen molar-refractivity contribution in [1.29, 1.82) is 0 Å². The maximum Gasteiger partial charge on any atom is 0.153 e. The van der Waals surface area contributed by atoms with Crippen LogP contribution in [0.3, 0.4) is 0 Å². The van der Waals surface area contributed by atoms with Crippen molar-refractivity contribution < 1.29 is 5.21 Å². The van der Waals surface area contributed by atoms with Crippen molar-refractivity contribution in [2.75, 3.05) is 13.1 Å². The van der Waals surface area contributed by atoms with Crippen molar-refractivity contribution in [3.8, 4) is 0 Å². The van der Waals surface area contributed by atoms with E-state index in [2.05, 4.69) is 35.2 Å². The summed E-state index contributed by atoms with van der Waals surface area (Å²) in [5.74, 6) is 0.262. The number of nitrogens with two attached hydrogens (primary N) is 1. The van der Waals surface area contributed by atoms with Crippen molar-refractivity contribution in [3.63, 3.8) is 0 Å². The molecule has 1 aliphatic carbocycles. The molecule has 1 aromatic carbocycles. The number of oxime groups is 1. The molecule has 3 N–H and O–H groups in total. The minimum Gasteiger partial charge on any atom is -0.409 e. The molecule has 0 unspecified atom stereocenters. The van der Waals surface area contributed by atoms with Crippen LogP contribution in [-0.4, -0.2) is 29.0 Å². The molecule has 18 heavy (non-hydrogen) atoms. The van der Waals surface area contributed by atoms with E-state index in [0.29, 0.717) is 6.54 Å². The Kier molecular flexibility index (Phi) is 4.20. The summed E-state index contributed by atoms with van der Waals surface area (Å²) < 4.78 is 0. The summed E-state index contributed by atoms with van der Waals surface area (Å²) in [4.78, 5) is 2.16. The summed E-state index contributed by atoms with van der Waals surface area (Å²) in [5, 5.41) is 11.6. The first-order valence-electron chi connectivity index (χ1n) is 6.52. The van der Waals surface area contributed by atoms with Gasteiger partial charge in [0.15, 0.2) is 5.84 Å². The molecule has 0 radical (unpaired) electrons. The van der Waals surface area contributed by atoms with Gasteiger partial charge in [-0.3, -0.25) is 4.90 Å². The van der Waals surface area contributed by atoms with Crippen LogP contribution in [0.15, 0.2) is 23.4 Å². The highest BCUT2D eigenvalue weighted by Crippen LogP contribution is 2.23. The number of hydrogen-bond donors (Lipinski definition) is 2. The number of nitrogens with zero attached hydrogens (tertiary/aromatic N) is 2. The Labute approximate surface area is 108 Å². The largest absolute Gasteiger partial charge is 0.409 e. The average Bonchev–Trinajstić information content (AvgIpc) is 2.85. The number of fused-ring (bicyclic) bond motifs is 1. The van der Waals surface area contributed by atoms with Crippen LogP contribution in [0.2, 0.25) is 0 Å². The zero-order valence-electron chi connectivity index (χ0n) is 10.9. The molecule has 98 valence electrons. The quantitative estimate of drug-likeness (QED) is 0.360. The van der Waals surface area contributed by atoms with Gasteiger partial charge in [-0.1, -0.05) is 30.3 Å². The fourth-order valence-electron chi connectivity index (χ4n) is 2.52. The second kappa shape index (κ2) is 5.87. The zero-order chi connectivity index (χ0) is 13.0. The van der Waals surface area contributed by atoms with Gasteiger partial charge in [0.1, 0.15) is 0 Å². The van der Waals surface area contributed by atoms with Gasteiger partial charge in [0.05, 0.1) is 6.54 Å². The lowest BCUT2D eigenvalue weighted by Gasteiger charge is -2.20. The van der Waals surface area contributed by atoms with Crippen molar-refractivity contribution in [3.05, 3.63) is 34.9 Å². The van der Waals surface area contributed by atoms with Crippen molar-refractivity contribution in [1.82, 2.24) is 4.90 Å². The maximum atomic E-state index is 8.61. The lowest BCUT2D eigenvalue weighted by Crippen LogP contribution is -2.33. The minimum absolute atomic E-state index is 0.262. The summed E-state index contributed by atoms with van der Waals surface area (Å²) in [6.07, 6.45) is 3.70. The smallest absolute Gasteiger partial charge is 0.153 e. The summed E-state index contributed by atoms with van der Waals surface area (Å²) in [6, 6.07) is 6.74. The highest BCUT2D eigenvalue weighted by Gasteiger charge is 2.12. The van der Waals surface area contributed by atoms with Gasteiger partial charge in [-0.15, -0.1) is 0 Å². The van der Waals surface area contributed by atoms with E-state index < -0.39 is 0 Å². The summed E-state index contributed by atoms with van der Waals surface area (Å²) in [6.45, 7) is 4.31. The molecule has 4 heteroatoms. The molecule has 4 nitrogen and oxygen atoms in total. The lowest BCUT2D eigenvalue weighted by molar-refractivity contribution is 0.294. The highest BCUT2D eigenvalue weighted by atomic mass is 16.4. The normalized spacial score (nSPS) is 15.1. The molecule has 0 aliphatic heterocycles. The van der Waals surface area contributed by atoms with E-state index in [1.807, 2.05) is 0 Å². The van der Waals surface area contributed by atoms with Gasteiger partial charge in [-0.05, 0) is 42.5 Å². The van der Waals surface area contributed by atoms with Crippen LogP contribution in [-0.2, 0) is 19.4 Å². The zero-order valence-corrected chi connectivity index (χ0v) is 10.9. The molecule has 0 saturated carbocycles. The summed E-state index contributed by atoms with van der Waals surface area (Å²) in [5.41, 5.74) is 9.85. The van der Waals surface area contributed by atoms with Gasteiger partial charge >= 0.3 is 0 Å². The molecule has 0 amide bonds. The van der Waals surface area contributed by atoms with E-state index in [-0.39, 0.29) is 5.84 Å². The first-order valence-corrected chi connectivity index (χ1v) is 6.52. The van der Waals surface area contributed by atoms with Crippen molar-refractivity contribution in [2.45, 2.75) is 32.7 Å². The van der Waals surface area contributed by atoms with Crippen molar-refractivity contribution >= 4 is 5.84 Å². The third-order valence-corrected chi connectivity index (χ3v) is 3.53. The van der Waals surface area contributed by atoms with Gasteiger partial charge in [-0.2, -0.15) is 0 Å². The Balaban J connectivity index is 2.03. The molecule has 1 aliphatic rings. The topological polar surface area (TPSA) is 61.8 Å². The molecule has 0 fully saturated rings. The molecule has 0 atom stereocenters. The Bertz CT molecular complexity index is 443. The molecule has 1 aromatic rings. The second-order valence-electron chi connectivity index (χ2n) is 4.85. The fourth-order valence-corrected chi connectivity index (χ4v) is 2.52. The van der Waals surface area contributed by atoms with Crippen LogP contribution < -0.4 is 5.73 Å². The number of hydrogen-bond acceptors (Lipinski definition) is 3. The Morgan fingerprint density at radius 1 is 1.39 bits per heavy atom. The predicted octanol–water partition coefficient (Wildman–Crippen LogP) is 1.74. The number of likely N-dealkylation sites (N-methyl/N-ethyl adjacent to an activating group) is 1. The van der Waals surface area contributed by atoms with Crippen LogP contribution in [0.25, 0.3) is 0 Å². The summed E-state index contributed by atoms with van der Waals surface area (Å²) >= 11 is 0. The van der Waals surface area contributed by atoms with Crippen LogP contribution in [0, 0.1) is 0 Å². The summed E-state index contributed by atoms with van der Waals surface area (Å²) in [7, 11) is 0. The highest BCUT2D eigenvalue weighted by molar-refractivity contribution is 5.81. The van der Waals surface area contributed by atoms with Gasteiger partial charge in [0, 0.05) is 6.54 Å². The Morgan fingerprint density at radius 2 is 2.17 bits per heavy atom. The first kappa shape index (κ1) is 12.9. The molecule has 0 spiro atoms. The number of rotatable bonds is 5. The van der Waals surface area contributed by atoms with E-state index in [4.69, 9.17) is 10.9 Å². The monoisotopic (exact) mass is 247 g/mol. The second-order valence-corrected chi connectivity index (χ2v) is 4.85. The number of benzene rings is 1. The molecular weight excluding hydrogens is 226 g/mol. The van der Waals surface area contributed by atoms with Gasteiger partial charge in [0.25, 0.3) is 0 Å². The fraction of sp³-hybridized carbons (Fsp3) is 0.500. The molecule has 0 aromatic heterocycles. The Morgan fingerprint density at radius 3 is 2.89 bits per heavy atom. The van der Waals surface area contributed by atoms with Crippen LogP contribution in [0.1, 0.15) is 30.0 Å². The van der Waals surface area contributed by atoms with Crippen LogP contribution >= 0.6 is 0 Å². The van der Waals surface area contributed by atoms with E-state index >= 15 is 0 Å². The number of amidine groups is 1. The maximum absolute atomic E-state index is 8.61. The third-order valence-electron chi connectivity index (χ3n) is 3.53.